The molecule has 37 heavy (non-hydrogen) atoms. The molecule has 2 aliphatic rings. The molecule has 3 aromatic carbocycles. The van der Waals surface area contributed by atoms with Gasteiger partial charge in [-0.3, -0.25) is 14.5 Å². The molecule has 0 saturated carbocycles. The third-order valence-corrected chi connectivity index (χ3v) is 8.47. The molecule has 0 radical (unpaired) electrons. The molecule has 0 unspecified atom stereocenters. The molecule has 0 atom stereocenters. The number of hydrogen-bond donors (Lipinski definition) is 0. The lowest BCUT2D eigenvalue weighted by Gasteiger charge is -2.14. The van der Waals surface area contributed by atoms with Crippen LogP contribution in [-0.2, 0) is 17.9 Å². The first kappa shape index (κ1) is 26.7. The largest absolute Gasteiger partial charge is 0.486 e. The second-order valence-corrected chi connectivity index (χ2v) is 11.9. The molecule has 1 fully saturated rings. The van der Waals surface area contributed by atoms with E-state index >= 15 is 0 Å². The van der Waals surface area contributed by atoms with Crippen LogP contribution in [0.25, 0.3) is 6.08 Å². The van der Waals surface area contributed by atoms with Crippen molar-refractivity contribution in [2.75, 3.05) is 6.79 Å². The van der Waals surface area contributed by atoms with E-state index in [1.165, 1.54) is 0 Å². The van der Waals surface area contributed by atoms with Crippen LogP contribution in [0, 0.1) is 0 Å². The fourth-order valence-electron chi connectivity index (χ4n) is 3.63. The number of thioether (sulfide) groups is 1. The standard InChI is InChI=1S/C25H14Br2Cl3NO5S/c26-16-3-12(4-17(27)23(16)34-10-13-1-2-15(28)7-18(13)29)5-22-24(32)31(25(33)37-22)9-14-6-20-21(8-19(14)30)36-11-35-20/h1-8H,9-11H2/b22-5-. The summed E-state index contributed by atoms with van der Waals surface area (Å²) in [7, 11) is 0. The molecular weight excluding hydrogens is 693 g/mol. The first-order chi connectivity index (χ1) is 17.7. The summed E-state index contributed by atoms with van der Waals surface area (Å²) in [6, 6.07) is 12.1. The number of fused-ring (bicyclic) bond motifs is 1. The lowest BCUT2D eigenvalue weighted by Crippen LogP contribution is -2.27. The fourth-order valence-corrected chi connectivity index (χ4v) is 6.59. The molecule has 2 amide bonds. The topological polar surface area (TPSA) is 65.1 Å². The molecular formula is C25H14Br2Cl3NO5S. The third kappa shape index (κ3) is 5.77. The maximum absolute atomic E-state index is 13.1. The van der Waals surface area contributed by atoms with E-state index in [-0.39, 0.29) is 25.2 Å². The normalized spacial score (nSPS) is 15.7. The molecule has 1 saturated heterocycles. The molecule has 0 N–H and O–H groups in total. The van der Waals surface area contributed by atoms with Gasteiger partial charge in [-0.2, -0.15) is 0 Å². The Morgan fingerprint density at radius 3 is 2.32 bits per heavy atom. The summed E-state index contributed by atoms with van der Waals surface area (Å²) < 4.78 is 18.0. The lowest BCUT2D eigenvalue weighted by molar-refractivity contribution is -0.123. The van der Waals surface area contributed by atoms with Gasteiger partial charge in [0.05, 0.1) is 20.4 Å². The Bertz CT molecular complexity index is 1460. The molecule has 12 heteroatoms. The van der Waals surface area contributed by atoms with Crippen molar-refractivity contribution in [3.8, 4) is 17.2 Å². The number of nitrogens with zero attached hydrogens (tertiary/aromatic N) is 1. The van der Waals surface area contributed by atoms with E-state index < -0.39 is 5.91 Å². The minimum atomic E-state index is -0.409. The van der Waals surface area contributed by atoms with Crippen molar-refractivity contribution in [1.82, 2.24) is 4.90 Å². The second-order valence-electron chi connectivity index (χ2n) is 7.90. The maximum atomic E-state index is 13.1. The van der Waals surface area contributed by atoms with E-state index in [4.69, 9.17) is 49.0 Å². The molecule has 2 aliphatic heterocycles. The summed E-state index contributed by atoms with van der Waals surface area (Å²) in [5, 5.41) is 1.05. The highest BCUT2D eigenvalue weighted by Crippen LogP contribution is 2.41. The number of halogens is 5. The van der Waals surface area contributed by atoms with E-state index in [1.807, 2.05) is 0 Å². The molecule has 5 rings (SSSR count). The van der Waals surface area contributed by atoms with Gasteiger partial charge in [-0.1, -0.05) is 40.9 Å². The van der Waals surface area contributed by atoms with Gasteiger partial charge in [0.1, 0.15) is 12.4 Å². The number of benzene rings is 3. The molecule has 190 valence electrons. The van der Waals surface area contributed by atoms with E-state index in [9.17, 15) is 9.59 Å². The van der Waals surface area contributed by atoms with Crippen molar-refractivity contribution in [3.05, 3.63) is 88.1 Å². The number of hydrogen-bond acceptors (Lipinski definition) is 6. The molecule has 0 spiro atoms. The number of imide groups is 1. The first-order valence-electron chi connectivity index (χ1n) is 10.6. The van der Waals surface area contributed by atoms with Crippen LogP contribution in [-0.4, -0.2) is 22.8 Å². The van der Waals surface area contributed by atoms with Crippen LogP contribution in [0.2, 0.25) is 15.1 Å². The number of rotatable bonds is 6. The Hall–Kier alpha value is -1.88. The van der Waals surface area contributed by atoms with Crippen LogP contribution in [0.5, 0.6) is 17.2 Å². The van der Waals surface area contributed by atoms with E-state index in [2.05, 4.69) is 31.9 Å². The summed E-state index contributed by atoms with van der Waals surface area (Å²) in [5.41, 5.74) is 2.06. The zero-order valence-corrected chi connectivity index (χ0v) is 24.8. The fraction of sp³-hybridized carbons (Fsp3) is 0.120. The van der Waals surface area contributed by atoms with Gasteiger partial charge in [0.25, 0.3) is 11.1 Å². The van der Waals surface area contributed by atoms with Crippen LogP contribution in [0.1, 0.15) is 16.7 Å². The molecule has 0 aromatic heterocycles. The minimum Gasteiger partial charge on any atom is -0.486 e. The predicted octanol–water partition coefficient (Wildman–Crippen LogP) is 8.72. The van der Waals surface area contributed by atoms with E-state index in [0.29, 0.717) is 57.3 Å². The second kappa shape index (κ2) is 11.1. The zero-order valence-electron chi connectivity index (χ0n) is 18.5. The SMILES string of the molecule is O=C1S/C(=C\c2cc(Br)c(OCc3ccc(Cl)cc3Cl)c(Br)c2)C(=O)N1Cc1cc2c(cc1Cl)OCO2. The van der Waals surface area contributed by atoms with Crippen molar-refractivity contribution in [2.45, 2.75) is 13.2 Å². The highest BCUT2D eigenvalue weighted by Gasteiger charge is 2.36. The van der Waals surface area contributed by atoms with Gasteiger partial charge in [0.2, 0.25) is 6.79 Å². The van der Waals surface area contributed by atoms with Crippen LogP contribution in [0.15, 0.2) is 56.3 Å². The monoisotopic (exact) mass is 703 g/mol. The molecule has 0 aliphatic carbocycles. The van der Waals surface area contributed by atoms with Crippen molar-refractivity contribution in [3.63, 3.8) is 0 Å². The van der Waals surface area contributed by atoms with Crippen molar-refractivity contribution < 1.29 is 23.8 Å². The molecule has 6 nitrogen and oxygen atoms in total. The lowest BCUT2D eigenvalue weighted by atomic mass is 10.1. The summed E-state index contributed by atoms with van der Waals surface area (Å²) >= 11 is 26.4. The number of ether oxygens (including phenoxy) is 3. The minimum absolute atomic E-state index is 0.0188. The average molecular weight is 707 g/mol. The van der Waals surface area contributed by atoms with Gasteiger partial charge in [0.15, 0.2) is 11.5 Å². The third-order valence-electron chi connectivity index (χ3n) is 5.45. The van der Waals surface area contributed by atoms with Crippen molar-refractivity contribution >= 4 is 95.6 Å². The Labute approximate surface area is 248 Å². The van der Waals surface area contributed by atoms with Crippen LogP contribution >= 0.6 is 78.4 Å². The Balaban J connectivity index is 1.32. The molecule has 3 aromatic rings. The van der Waals surface area contributed by atoms with Crippen molar-refractivity contribution in [2.24, 2.45) is 0 Å². The average Bonchev–Trinajstić information content (AvgIpc) is 3.39. The van der Waals surface area contributed by atoms with Gasteiger partial charge in [-0.15, -0.1) is 0 Å². The van der Waals surface area contributed by atoms with Gasteiger partial charge >= 0.3 is 0 Å². The highest BCUT2D eigenvalue weighted by atomic mass is 79.9. The van der Waals surface area contributed by atoms with Crippen LogP contribution < -0.4 is 14.2 Å². The van der Waals surface area contributed by atoms with Gasteiger partial charge in [0, 0.05) is 26.7 Å². The first-order valence-corrected chi connectivity index (χ1v) is 14.1. The zero-order chi connectivity index (χ0) is 26.3. The van der Waals surface area contributed by atoms with Crippen molar-refractivity contribution in [1.29, 1.82) is 0 Å². The Morgan fingerprint density at radius 2 is 1.62 bits per heavy atom. The summed E-state index contributed by atoms with van der Waals surface area (Å²) in [5.74, 6) is 1.21. The molecule has 0 bridgehead atoms. The number of amides is 2. The predicted molar refractivity (Wildman–Crippen MR) is 152 cm³/mol. The number of carbonyl (C=O) groups is 2. The number of carbonyl (C=O) groups excluding carboxylic acids is 2. The smallest absolute Gasteiger partial charge is 0.293 e. The van der Waals surface area contributed by atoms with Gasteiger partial charge in [-0.05, 0) is 91.2 Å². The Morgan fingerprint density at radius 1 is 0.946 bits per heavy atom. The van der Waals surface area contributed by atoms with Crippen LogP contribution in [0.4, 0.5) is 4.79 Å². The molecule has 2 heterocycles. The highest BCUT2D eigenvalue weighted by molar-refractivity contribution is 9.11. The summed E-state index contributed by atoms with van der Waals surface area (Å²) in [6.07, 6.45) is 1.65. The Kier molecular flexibility index (Phi) is 8.00. The quantitative estimate of drug-likeness (QED) is 0.239. The van der Waals surface area contributed by atoms with Crippen LogP contribution in [0.3, 0.4) is 0 Å². The summed E-state index contributed by atoms with van der Waals surface area (Å²) in [6.45, 7) is 0.349. The van der Waals surface area contributed by atoms with Gasteiger partial charge in [-0.25, -0.2) is 0 Å². The van der Waals surface area contributed by atoms with E-state index in [0.717, 1.165) is 22.2 Å². The van der Waals surface area contributed by atoms with Gasteiger partial charge < -0.3 is 14.2 Å². The van der Waals surface area contributed by atoms with E-state index in [1.54, 1.807) is 48.5 Å². The summed E-state index contributed by atoms with van der Waals surface area (Å²) in [4.78, 5) is 27.2. The maximum Gasteiger partial charge on any atom is 0.293 e.